The Morgan fingerprint density at radius 3 is 2.69 bits per heavy atom. The summed E-state index contributed by atoms with van der Waals surface area (Å²) in [6.07, 6.45) is 3.42. The van der Waals surface area contributed by atoms with Crippen molar-refractivity contribution in [1.82, 2.24) is 4.98 Å². The molecule has 2 nitrogen and oxygen atoms in total. The normalized spacial score (nSPS) is 9.81. The highest BCUT2D eigenvalue weighted by atomic mass is 14.6. The van der Waals surface area contributed by atoms with E-state index in [4.69, 9.17) is 5.26 Å². The highest BCUT2D eigenvalue weighted by molar-refractivity contribution is 5.69. The summed E-state index contributed by atoms with van der Waals surface area (Å²) in [5, 5.41) is 8.95. The van der Waals surface area contributed by atoms with Gasteiger partial charge in [0.05, 0.1) is 5.56 Å². The van der Waals surface area contributed by atoms with Crippen LogP contribution in [0.1, 0.15) is 16.7 Å². The van der Waals surface area contributed by atoms with Crippen LogP contribution in [0.5, 0.6) is 0 Å². The molecule has 0 unspecified atom stereocenters. The summed E-state index contributed by atoms with van der Waals surface area (Å²) in [6, 6.07) is 10.4. The molecule has 0 bridgehead atoms. The van der Waals surface area contributed by atoms with Crippen molar-refractivity contribution >= 4 is 0 Å². The second kappa shape index (κ2) is 4.16. The zero-order valence-electron chi connectivity index (χ0n) is 9.36. The molecule has 2 aromatic rings. The zero-order valence-corrected chi connectivity index (χ0v) is 9.36. The van der Waals surface area contributed by atoms with Crippen LogP contribution in [0.25, 0.3) is 11.1 Å². The second-order valence-corrected chi connectivity index (χ2v) is 3.84. The minimum absolute atomic E-state index is 0.638. The molecular weight excluding hydrogens is 196 g/mol. The fraction of sp³-hybridized carbons (Fsp3) is 0.143. The Kier molecular flexibility index (Phi) is 2.70. The number of hydrogen-bond acceptors (Lipinski definition) is 2. The summed E-state index contributed by atoms with van der Waals surface area (Å²) < 4.78 is 0. The Balaban J connectivity index is 2.62. The van der Waals surface area contributed by atoms with Crippen LogP contribution in [0.3, 0.4) is 0 Å². The molecule has 0 N–H and O–H groups in total. The van der Waals surface area contributed by atoms with Crippen molar-refractivity contribution in [2.24, 2.45) is 0 Å². The van der Waals surface area contributed by atoms with E-state index in [1.165, 1.54) is 5.56 Å². The molecule has 0 saturated carbocycles. The van der Waals surface area contributed by atoms with Gasteiger partial charge in [0.2, 0.25) is 0 Å². The van der Waals surface area contributed by atoms with Gasteiger partial charge in [0, 0.05) is 18.0 Å². The van der Waals surface area contributed by atoms with Gasteiger partial charge in [-0.15, -0.1) is 0 Å². The van der Waals surface area contributed by atoms with E-state index in [-0.39, 0.29) is 0 Å². The molecule has 0 atom stereocenters. The quantitative estimate of drug-likeness (QED) is 0.721. The van der Waals surface area contributed by atoms with Gasteiger partial charge < -0.3 is 0 Å². The topological polar surface area (TPSA) is 36.7 Å². The van der Waals surface area contributed by atoms with E-state index in [1.54, 1.807) is 6.20 Å². The Morgan fingerprint density at radius 1 is 1.19 bits per heavy atom. The van der Waals surface area contributed by atoms with Gasteiger partial charge in [0.1, 0.15) is 6.07 Å². The molecule has 16 heavy (non-hydrogen) atoms. The van der Waals surface area contributed by atoms with E-state index in [1.807, 2.05) is 25.3 Å². The average Bonchev–Trinajstić information content (AvgIpc) is 2.29. The molecule has 0 spiro atoms. The van der Waals surface area contributed by atoms with Gasteiger partial charge in [0.25, 0.3) is 0 Å². The highest BCUT2D eigenvalue weighted by Gasteiger charge is 2.06. The van der Waals surface area contributed by atoms with Crippen molar-refractivity contribution in [3.63, 3.8) is 0 Å². The minimum Gasteiger partial charge on any atom is -0.263 e. The summed E-state index contributed by atoms with van der Waals surface area (Å²) in [6.45, 7) is 4.01. The van der Waals surface area contributed by atoms with Gasteiger partial charge in [-0.1, -0.05) is 29.8 Å². The van der Waals surface area contributed by atoms with Crippen LogP contribution in [-0.4, -0.2) is 4.98 Å². The first-order valence-corrected chi connectivity index (χ1v) is 5.14. The second-order valence-electron chi connectivity index (χ2n) is 3.84. The van der Waals surface area contributed by atoms with E-state index in [0.717, 1.165) is 16.7 Å². The van der Waals surface area contributed by atoms with Crippen molar-refractivity contribution in [3.05, 3.63) is 53.3 Å². The van der Waals surface area contributed by atoms with Crippen LogP contribution in [0, 0.1) is 25.2 Å². The molecule has 78 valence electrons. The van der Waals surface area contributed by atoms with E-state index in [2.05, 4.69) is 30.1 Å². The number of nitrogens with zero attached hydrogens (tertiary/aromatic N) is 2. The molecule has 1 aromatic carbocycles. The third kappa shape index (κ3) is 1.80. The smallest absolute Gasteiger partial charge is 0.101 e. The third-order valence-corrected chi connectivity index (χ3v) is 2.66. The average molecular weight is 208 g/mol. The highest BCUT2D eigenvalue weighted by Crippen LogP contribution is 2.24. The Labute approximate surface area is 95.2 Å². The van der Waals surface area contributed by atoms with Crippen molar-refractivity contribution in [3.8, 4) is 17.2 Å². The lowest BCUT2D eigenvalue weighted by Gasteiger charge is -2.07. The number of pyridine rings is 1. The first-order chi connectivity index (χ1) is 7.72. The lowest BCUT2D eigenvalue weighted by molar-refractivity contribution is 1.25. The number of benzene rings is 1. The fourth-order valence-corrected chi connectivity index (χ4v) is 1.74. The standard InChI is InChI=1S/C14H12N2/c1-10-4-3-5-12(6-10)14-9-16-8-13(7-15)11(14)2/h3-6,8-9H,1-2H3. The van der Waals surface area contributed by atoms with Gasteiger partial charge in [-0.05, 0) is 25.0 Å². The summed E-state index contributed by atoms with van der Waals surface area (Å²) in [5.41, 5.74) is 4.98. The monoisotopic (exact) mass is 208 g/mol. The van der Waals surface area contributed by atoms with Gasteiger partial charge in [0.15, 0.2) is 0 Å². The van der Waals surface area contributed by atoms with Crippen LogP contribution in [0.2, 0.25) is 0 Å². The summed E-state index contributed by atoms with van der Waals surface area (Å²) in [7, 11) is 0. The van der Waals surface area contributed by atoms with Crippen molar-refractivity contribution in [1.29, 1.82) is 5.26 Å². The lowest BCUT2D eigenvalue weighted by atomic mass is 9.99. The Morgan fingerprint density at radius 2 is 2.00 bits per heavy atom. The molecule has 2 heteroatoms. The summed E-state index contributed by atoms with van der Waals surface area (Å²) in [4.78, 5) is 4.10. The van der Waals surface area contributed by atoms with Gasteiger partial charge >= 0.3 is 0 Å². The van der Waals surface area contributed by atoms with E-state index in [0.29, 0.717) is 5.56 Å². The van der Waals surface area contributed by atoms with Gasteiger partial charge in [-0.2, -0.15) is 5.26 Å². The van der Waals surface area contributed by atoms with Crippen LogP contribution in [0.4, 0.5) is 0 Å². The van der Waals surface area contributed by atoms with Crippen LogP contribution >= 0.6 is 0 Å². The number of aromatic nitrogens is 1. The maximum Gasteiger partial charge on any atom is 0.101 e. The SMILES string of the molecule is Cc1cccc(-c2cncc(C#N)c2C)c1. The van der Waals surface area contributed by atoms with Crippen LogP contribution in [0.15, 0.2) is 36.7 Å². The molecule has 0 fully saturated rings. The predicted octanol–water partition coefficient (Wildman–Crippen LogP) is 3.24. The number of rotatable bonds is 1. The molecule has 2 rings (SSSR count). The molecule has 0 amide bonds. The third-order valence-electron chi connectivity index (χ3n) is 2.66. The first-order valence-electron chi connectivity index (χ1n) is 5.14. The molecular formula is C14H12N2. The summed E-state index contributed by atoms with van der Waals surface area (Å²) >= 11 is 0. The fourth-order valence-electron chi connectivity index (χ4n) is 1.74. The molecule has 0 saturated heterocycles. The molecule has 0 aliphatic rings. The van der Waals surface area contributed by atoms with Gasteiger partial charge in [-0.25, -0.2) is 0 Å². The van der Waals surface area contributed by atoms with E-state index < -0.39 is 0 Å². The van der Waals surface area contributed by atoms with Crippen LogP contribution in [-0.2, 0) is 0 Å². The number of aryl methyl sites for hydroxylation is 1. The Hall–Kier alpha value is -2.14. The first kappa shape index (κ1) is 10.4. The molecule has 0 aliphatic carbocycles. The molecule has 1 aromatic heterocycles. The van der Waals surface area contributed by atoms with Crippen molar-refractivity contribution < 1.29 is 0 Å². The summed E-state index contributed by atoms with van der Waals surface area (Å²) in [5.74, 6) is 0. The largest absolute Gasteiger partial charge is 0.263 e. The zero-order chi connectivity index (χ0) is 11.5. The van der Waals surface area contributed by atoms with E-state index >= 15 is 0 Å². The molecule has 1 heterocycles. The maximum absolute atomic E-state index is 8.95. The molecule has 0 aliphatic heterocycles. The van der Waals surface area contributed by atoms with E-state index in [9.17, 15) is 0 Å². The van der Waals surface area contributed by atoms with Crippen LogP contribution < -0.4 is 0 Å². The predicted molar refractivity (Wildman–Crippen MR) is 63.9 cm³/mol. The van der Waals surface area contributed by atoms with Crippen molar-refractivity contribution in [2.75, 3.05) is 0 Å². The van der Waals surface area contributed by atoms with Crippen molar-refractivity contribution in [2.45, 2.75) is 13.8 Å². The molecule has 0 radical (unpaired) electrons. The maximum atomic E-state index is 8.95. The number of nitriles is 1. The lowest BCUT2D eigenvalue weighted by Crippen LogP contribution is -1.90. The number of hydrogen-bond donors (Lipinski definition) is 0. The van der Waals surface area contributed by atoms with Gasteiger partial charge in [-0.3, -0.25) is 4.98 Å². The minimum atomic E-state index is 0.638. The Bertz CT molecular complexity index is 565.